The SMILES string of the molecule is Cc1cccc2c(O)c(O)cc(Br)c12. The Morgan fingerprint density at radius 2 is 1.93 bits per heavy atom. The number of hydrogen-bond acceptors (Lipinski definition) is 2. The Labute approximate surface area is 89.9 Å². The lowest BCUT2D eigenvalue weighted by Gasteiger charge is -2.07. The van der Waals surface area contributed by atoms with E-state index in [-0.39, 0.29) is 11.5 Å². The molecule has 0 aliphatic heterocycles. The highest BCUT2D eigenvalue weighted by Crippen LogP contribution is 2.39. The summed E-state index contributed by atoms with van der Waals surface area (Å²) >= 11 is 3.36. The van der Waals surface area contributed by atoms with Gasteiger partial charge in [0.15, 0.2) is 11.5 Å². The summed E-state index contributed by atoms with van der Waals surface area (Å²) in [6.07, 6.45) is 0. The molecular formula is C11H9BrO2. The van der Waals surface area contributed by atoms with Crippen molar-refractivity contribution in [2.45, 2.75) is 6.92 Å². The standard InChI is InChI=1S/C11H9BrO2/c1-6-3-2-4-7-10(6)8(12)5-9(13)11(7)14/h2-5,13-14H,1H3. The van der Waals surface area contributed by atoms with E-state index >= 15 is 0 Å². The van der Waals surface area contributed by atoms with E-state index in [4.69, 9.17) is 0 Å². The minimum absolute atomic E-state index is 0.0631. The van der Waals surface area contributed by atoms with Gasteiger partial charge < -0.3 is 10.2 Å². The number of hydrogen-bond donors (Lipinski definition) is 2. The fourth-order valence-corrected chi connectivity index (χ4v) is 2.32. The van der Waals surface area contributed by atoms with E-state index in [1.165, 1.54) is 6.07 Å². The molecule has 2 N–H and O–H groups in total. The van der Waals surface area contributed by atoms with Crippen molar-refractivity contribution in [3.63, 3.8) is 0 Å². The highest BCUT2D eigenvalue weighted by atomic mass is 79.9. The van der Waals surface area contributed by atoms with Crippen molar-refractivity contribution in [1.82, 2.24) is 0 Å². The molecule has 0 heterocycles. The van der Waals surface area contributed by atoms with E-state index in [1.54, 1.807) is 6.07 Å². The molecule has 2 rings (SSSR count). The second-order valence-corrected chi connectivity index (χ2v) is 4.08. The van der Waals surface area contributed by atoms with E-state index in [0.29, 0.717) is 5.39 Å². The van der Waals surface area contributed by atoms with E-state index in [2.05, 4.69) is 15.9 Å². The molecule has 0 amide bonds. The first-order valence-corrected chi connectivity index (χ1v) is 5.00. The normalized spacial score (nSPS) is 10.7. The van der Waals surface area contributed by atoms with Crippen molar-refractivity contribution in [2.24, 2.45) is 0 Å². The minimum Gasteiger partial charge on any atom is -0.504 e. The Bertz CT molecular complexity index is 506. The van der Waals surface area contributed by atoms with Crippen LogP contribution in [-0.4, -0.2) is 10.2 Å². The summed E-state index contributed by atoms with van der Waals surface area (Å²) in [6.45, 7) is 1.96. The van der Waals surface area contributed by atoms with Crippen molar-refractivity contribution < 1.29 is 10.2 Å². The quantitative estimate of drug-likeness (QED) is 0.707. The second kappa shape index (κ2) is 3.17. The van der Waals surface area contributed by atoms with Crippen LogP contribution >= 0.6 is 15.9 Å². The monoisotopic (exact) mass is 252 g/mol. The molecule has 14 heavy (non-hydrogen) atoms. The van der Waals surface area contributed by atoms with Crippen LogP contribution in [0.2, 0.25) is 0 Å². The molecule has 2 aromatic carbocycles. The molecule has 0 bridgehead atoms. The van der Waals surface area contributed by atoms with Crippen LogP contribution in [0.1, 0.15) is 5.56 Å². The molecule has 2 nitrogen and oxygen atoms in total. The summed E-state index contributed by atoms with van der Waals surface area (Å²) in [4.78, 5) is 0. The van der Waals surface area contributed by atoms with Crippen LogP contribution in [0, 0.1) is 6.92 Å². The van der Waals surface area contributed by atoms with Gasteiger partial charge in [0.25, 0.3) is 0 Å². The third-order valence-corrected chi connectivity index (χ3v) is 2.90. The number of phenols is 2. The summed E-state index contributed by atoms with van der Waals surface area (Å²) in [5, 5.41) is 20.6. The Balaban J connectivity index is 3.02. The maximum atomic E-state index is 9.64. The van der Waals surface area contributed by atoms with Crippen molar-refractivity contribution in [3.05, 3.63) is 34.3 Å². The number of rotatable bonds is 0. The first-order valence-electron chi connectivity index (χ1n) is 4.21. The van der Waals surface area contributed by atoms with Crippen molar-refractivity contribution in [1.29, 1.82) is 0 Å². The summed E-state index contributed by atoms with van der Waals surface area (Å²) < 4.78 is 0.793. The average molecular weight is 253 g/mol. The first-order chi connectivity index (χ1) is 6.61. The minimum atomic E-state index is -0.102. The maximum absolute atomic E-state index is 9.64. The van der Waals surface area contributed by atoms with Gasteiger partial charge in [0, 0.05) is 15.2 Å². The Morgan fingerprint density at radius 3 is 2.64 bits per heavy atom. The average Bonchev–Trinajstić information content (AvgIpc) is 2.14. The zero-order valence-corrected chi connectivity index (χ0v) is 9.17. The Hall–Kier alpha value is -1.22. The zero-order valence-electron chi connectivity index (χ0n) is 7.58. The molecule has 72 valence electrons. The van der Waals surface area contributed by atoms with Gasteiger partial charge in [-0.15, -0.1) is 0 Å². The summed E-state index contributed by atoms with van der Waals surface area (Å²) in [5.41, 5.74) is 1.06. The topological polar surface area (TPSA) is 40.5 Å². The highest BCUT2D eigenvalue weighted by Gasteiger charge is 2.10. The molecule has 3 heteroatoms. The van der Waals surface area contributed by atoms with Gasteiger partial charge in [0.1, 0.15) is 0 Å². The van der Waals surface area contributed by atoms with E-state index in [1.807, 2.05) is 19.1 Å². The van der Waals surface area contributed by atoms with Crippen molar-refractivity contribution in [3.8, 4) is 11.5 Å². The van der Waals surface area contributed by atoms with Crippen LogP contribution in [0.25, 0.3) is 10.8 Å². The van der Waals surface area contributed by atoms with Crippen LogP contribution in [-0.2, 0) is 0 Å². The molecule has 0 radical (unpaired) electrons. The van der Waals surface area contributed by atoms with Gasteiger partial charge in [0.2, 0.25) is 0 Å². The highest BCUT2D eigenvalue weighted by molar-refractivity contribution is 9.10. The van der Waals surface area contributed by atoms with Gasteiger partial charge in [0.05, 0.1) is 0 Å². The number of aromatic hydroxyl groups is 2. The van der Waals surface area contributed by atoms with Crippen molar-refractivity contribution >= 4 is 26.7 Å². The lowest BCUT2D eigenvalue weighted by atomic mass is 10.0. The fourth-order valence-electron chi connectivity index (χ4n) is 1.58. The molecule has 0 unspecified atom stereocenters. The summed E-state index contributed by atoms with van der Waals surface area (Å²) in [7, 11) is 0. The smallest absolute Gasteiger partial charge is 0.165 e. The first kappa shape index (κ1) is 9.34. The van der Waals surface area contributed by atoms with Crippen LogP contribution in [0.5, 0.6) is 11.5 Å². The second-order valence-electron chi connectivity index (χ2n) is 3.22. The van der Waals surface area contributed by atoms with Gasteiger partial charge in [-0.25, -0.2) is 0 Å². The van der Waals surface area contributed by atoms with E-state index in [9.17, 15) is 10.2 Å². The predicted octanol–water partition coefficient (Wildman–Crippen LogP) is 3.32. The molecular weight excluding hydrogens is 244 g/mol. The fraction of sp³-hybridized carbons (Fsp3) is 0.0909. The van der Waals surface area contributed by atoms with Gasteiger partial charge in [-0.1, -0.05) is 34.1 Å². The molecule has 0 fully saturated rings. The molecule has 0 aliphatic rings. The third kappa shape index (κ3) is 1.24. The van der Waals surface area contributed by atoms with Crippen LogP contribution in [0.3, 0.4) is 0 Å². The summed E-state index contributed by atoms with van der Waals surface area (Å²) in [5.74, 6) is -0.165. The zero-order chi connectivity index (χ0) is 10.3. The third-order valence-electron chi connectivity index (χ3n) is 2.27. The van der Waals surface area contributed by atoms with Crippen molar-refractivity contribution in [2.75, 3.05) is 0 Å². The molecule has 2 aromatic rings. The number of benzene rings is 2. The maximum Gasteiger partial charge on any atom is 0.165 e. The number of fused-ring (bicyclic) bond motifs is 1. The summed E-state index contributed by atoms with van der Waals surface area (Å²) in [6, 6.07) is 7.10. The molecule has 0 spiro atoms. The largest absolute Gasteiger partial charge is 0.504 e. The number of phenolic OH excluding ortho intramolecular Hbond substituents is 2. The number of aryl methyl sites for hydroxylation is 1. The lowest BCUT2D eigenvalue weighted by molar-refractivity contribution is 0.408. The molecule has 0 saturated carbocycles. The van der Waals surface area contributed by atoms with E-state index < -0.39 is 0 Å². The van der Waals surface area contributed by atoms with Crippen LogP contribution in [0.15, 0.2) is 28.7 Å². The van der Waals surface area contributed by atoms with Gasteiger partial charge in [-0.3, -0.25) is 0 Å². The molecule has 0 atom stereocenters. The van der Waals surface area contributed by atoms with Crippen LogP contribution in [0.4, 0.5) is 0 Å². The van der Waals surface area contributed by atoms with Crippen LogP contribution < -0.4 is 0 Å². The van der Waals surface area contributed by atoms with E-state index in [0.717, 1.165) is 15.4 Å². The predicted molar refractivity (Wildman–Crippen MR) is 59.7 cm³/mol. The molecule has 0 aliphatic carbocycles. The van der Waals surface area contributed by atoms with Gasteiger partial charge in [-0.05, 0) is 18.6 Å². The Kier molecular flexibility index (Phi) is 2.11. The Morgan fingerprint density at radius 1 is 1.21 bits per heavy atom. The molecule has 0 aromatic heterocycles. The van der Waals surface area contributed by atoms with Gasteiger partial charge >= 0.3 is 0 Å². The molecule has 0 saturated heterocycles. The number of halogens is 1. The lowest BCUT2D eigenvalue weighted by Crippen LogP contribution is -1.81. The van der Waals surface area contributed by atoms with Gasteiger partial charge in [-0.2, -0.15) is 0 Å².